The molecule has 2 aromatic heterocycles. The molecule has 0 unspecified atom stereocenters. The van der Waals surface area contributed by atoms with E-state index in [1.807, 2.05) is 0 Å². The third-order valence-corrected chi connectivity index (χ3v) is 3.76. The number of ether oxygens (including phenoxy) is 1. The maximum atomic E-state index is 12.1. The molecule has 0 fully saturated rings. The van der Waals surface area contributed by atoms with Crippen molar-refractivity contribution < 1.29 is 13.9 Å². The molecule has 0 atom stereocenters. The third kappa shape index (κ3) is 3.59. The van der Waals surface area contributed by atoms with Gasteiger partial charge in [-0.1, -0.05) is 11.6 Å². The SMILES string of the molecule is CN=C(N)NC(=O)c1cc2c(Cl)cc(Oc3ccc(CN)o3)cc2[nH]1. The Hall–Kier alpha value is -2.97. The average Bonchev–Trinajstić information content (AvgIpc) is 3.21. The normalized spacial score (nSPS) is 11.7. The van der Waals surface area contributed by atoms with Crippen molar-refractivity contribution >= 4 is 34.4 Å². The zero-order valence-corrected chi connectivity index (χ0v) is 14.1. The van der Waals surface area contributed by atoms with Gasteiger partial charge in [-0.3, -0.25) is 15.1 Å². The topological polar surface area (TPSA) is 132 Å². The molecule has 0 bridgehead atoms. The van der Waals surface area contributed by atoms with Crippen LogP contribution in [0.15, 0.2) is 39.7 Å². The van der Waals surface area contributed by atoms with Crippen LogP contribution < -0.4 is 21.5 Å². The van der Waals surface area contributed by atoms with E-state index in [9.17, 15) is 4.79 Å². The number of aromatic amines is 1. The smallest absolute Gasteiger partial charge is 0.290 e. The molecule has 0 saturated heterocycles. The molecule has 3 rings (SSSR count). The number of furan rings is 1. The number of hydrogen-bond acceptors (Lipinski definition) is 5. The number of aliphatic imine (C=N–C) groups is 1. The second-order valence-electron chi connectivity index (χ2n) is 5.14. The quantitative estimate of drug-likeness (QED) is 0.418. The van der Waals surface area contributed by atoms with Crippen LogP contribution >= 0.6 is 11.6 Å². The van der Waals surface area contributed by atoms with Crippen LogP contribution in [0.2, 0.25) is 5.02 Å². The van der Waals surface area contributed by atoms with E-state index in [4.69, 9.17) is 32.2 Å². The van der Waals surface area contributed by atoms with Crippen LogP contribution in [0.1, 0.15) is 16.2 Å². The van der Waals surface area contributed by atoms with Crippen molar-refractivity contribution in [3.63, 3.8) is 0 Å². The largest absolute Gasteiger partial charge is 0.429 e. The Bertz CT molecular complexity index is 960. The minimum Gasteiger partial charge on any atom is -0.429 e. The third-order valence-electron chi connectivity index (χ3n) is 3.44. The lowest BCUT2D eigenvalue weighted by Crippen LogP contribution is -2.36. The van der Waals surface area contributed by atoms with E-state index < -0.39 is 5.91 Å². The Labute approximate surface area is 147 Å². The van der Waals surface area contributed by atoms with Crippen LogP contribution in [0.25, 0.3) is 10.9 Å². The first kappa shape index (κ1) is 16.9. The fourth-order valence-electron chi connectivity index (χ4n) is 2.23. The number of guanidine groups is 1. The lowest BCUT2D eigenvalue weighted by Gasteiger charge is -2.03. The summed E-state index contributed by atoms with van der Waals surface area (Å²) < 4.78 is 11.0. The average molecular weight is 362 g/mol. The number of fused-ring (bicyclic) bond motifs is 1. The summed E-state index contributed by atoms with van der Waals surface area (Å²) in [5.74, 6) is 0.964. The van der Waals surface area contributed by atoms with E-state index in [2.05, 4.69) is 15.3 Å². The van der Waals surface area contributed by atoms with Crippen molar-refractivity contribution in [2.45, 2.75) is 6.54 Å². The summed E-state index contributed by atoms with van der Waals surface area (Å²) in [6, 6.07) is 8.36. The Morgan fingerprint density at radius 2 is 2.20 bits per heavy atom. The number of H-pyrrole nitrogens is 1. The number of carbonyl (C=O) groups is 1. The number of benzene rings is 1. The summed E-state index contributed by atoms with van der Waals surface area (Å²) >= 11 is 6.28. The predicted octanol–water partition coefficient (Wildman–Crippen LogP) is 2.34. The lowest BCUT2D eigenvalue weighted by molar-refractivity contribution is 0.0972. The van der Waals surface area contributed by atoms with Crippen LogP contribution in [0.5, 0.6) is 11.7 Å². The number of nitrogens with one attached hydrogen (secondary N) is 2. The van der Waals surface area contributed by atoms with Crippen molar-refractivity contribution in [3.05, 3.63) is 46.8 Å². The first-order valence-electron chi connectivity index (χ1n) is 7.32. The first-order valence-corrected chi connectivity index (χ1v) is 7.70. The van der Waals surface area contributed by atoms with Gasteiger partial charge >= 0.3 is 0 Å². The van der Waals surface area contributed by atoms with Crippen LogP contribution in [0.4, 0.5) is 0 Å². The molecule has 9 heteroatoms. The highest BCUT2D eigenvalue weighted by Crippen LogP contribution is 2.32. The molecule has 130 valence electrons. The predicted molar refractivity (Wildman–Crippen MR) is 95.0 cm³/mol. The summed E-state index contributed by atoms with van der Waals surface area (Å²) in [4.78, 5) is 18.8. The van der Waals surface area contributed by atoms with Gasteiger partial charge in [0, 0.05) is 30.6 Å². The first-order chi connectivity index (χ1) is 12.0. The second-order valence-corrected chi connectivity index (χ2v) is 5.55. The molecule has 1 aromatic carbocycles. The number of carbonyl (C=O) groups excluding carboxylic acids is 1. The second kappa shape index (κ2) is 6.88. The standard InChI is InChI=1S/C16H16ClN5O3/c1-20-16(19)22-15(23)13-6-10-11(17)4-9(5-12(10)21-13)25-14-3-2-8(7-18)24-14/h2-6,21H,7,18H2,1H3,(H3,19,20,22,23). The number of nitrogens with zero attached hydrogens (tertiary/aromatic N) is 1. The van der Waals surface area contributed by atoms with Gasteiger partial charge in [0.05, 0.1) is 17.1 Å². The van der Waals surface area contributed by atoms with E-state index in [1.54, 1.807) is 30.3 Å². The van der Waals surface area contributed by atoms with Gasteiger partial charge in [-0.15, -0.1) is 0 Å². The van der Waals surface area contributed by atoms with Gasteiger partial charge in [0.1, 0.15) is 17.2 Å². The number of rotatable bonds is 4. The van der Waals surface area contributed by atoms with Gasteiger partial charge in [0.2, 0.25) is 0 Å². The maximum Gasteiger partial charge on any atom is 0.290 e. The summed E-state index contributed by atoms with van der Waals surface area (Å²) in [5.41, 5.74) is 11.9. The minimum absolute atomic E-state index is 0.0207. The lowest BCUT2D eigenvalue weighted by atomic mass is 10.2. The molecule has 8 nitrogen and oxygen atoms in total. The molecule has 1 amide bonds. The molecule has 0 saturated carbocycles. The molecule has 0 radical (unpaired) electrons. The van der Waals surface area contributed by atoms with E-state index >= 15 is 0 Å². The number of hydrogen-bond donors (Lipinski definition) is 4. The van der Waals surface area contributed by atoms with Crippen LogP contribution in [-0.2, 0) is 6.54 Å². The molecule has 0 aliphatic heterocycles. The van der Waals surface area contributed by atoms with Crippen LogP contribution in [0, 0.1) is 0 Å². The Kier molecular flexibility index (Phi) is 4.64. The van der Waals surface area contributed by atoms with E-state index in [0.29, 0.717) is 39.1 Å². The van der Waals surface area contributed by atoms with Crippen LogP contribution in [0.3, 0.4) is 0 Å². The van der Waals surface area contributed by atoms with Crippen molar-refractivity contribution in [3.8, 4) is 11.7 Å². The van der Waals surface area contributed by atoms with Gasteiger partial charge < -0.3 is 25.6 Å². The molecular weight excluding hydrogens is 346 g/mol. The van der Waals surface area contributed by atoms with E-state index in [0.717, 1.165) is 0 Å². The molecule has 0 aliphatic rings. The molecule has 6 N–H and O–H groups in total. The van der Waals surface area contributed by atoms with E-state index in [-0.39, 0.29) is 12.5 Å². The Morgan fingerprint density at radius 3 is 2.88 bits per heavy atom. The Balaban J connectivity index is 1.89. The maximum absolute atomic E-state index is 12.1. The van der Waals surface area contributed by atoms with Gasteiger partial charge in [0.15, 0.2) is 5.96 Å². The molecular formula is C16H16ClN5O3. The highest BCUT2D eigenvalue weighted by Gasteiger charge is 2.14. The van der Waals surface area contributed by atoms with Crippen molar-refractivity contribution in [2.75, 3.05) is 7.05 Å². The Morgan fingerprint density at radius 1 is 1.40 bits per heavy atom. The van der Waals surface area contributed by atoms with Crippen molar-refractivity contribution in [1.82, 2.24) is 10.3 Å². The fourth-order valence-corrected chi connectivity index (χ4v) is 2.49. The highest BCUT2D eigenvalue weighted by atomic mass is 35.5. The van der Waals surface area contributed by atoms with Crippen LogP contribution in [-0.4, -0.2) is 23.9 Å². The zero-order chi connectivity index (χ0) is 18.0. The van der Waals surface area contributed by atoms with Crippen molar-refractivity contribution in [2.24, 2.45) is 16.5 Å². The molecule has 2 heterocycles. The van der Waals surface area contributed by atoms with E-state index in [1.165, 1.54) is 7.05 Å². The monoisotopic (exact) mass is 361 g/mol. The zero-order valence-electron chi connectivity index (χ0n) is 13.3. The van der Waals surface area contributed by atoms with Gasteiger partial charge in [0.25, 0.3) is 11.9 Å². The van der Waals surface area contributed by atoms with Gasteiger partial charge in [-0.25, -0.2) is 0 Å². The minimum atomic E-state index is -0.420. The highest BCUT2D eigenvalue weighted by molar-refractivity contribution is 6.35. The van der Waals surface area contributed by atoms with Gasteiger partial charge in [-0.05, 0) is 12.1 Å². The molecule has 0 aliphatic carbocycles. The number of amides is 1. The fraction of sp³-hybridized carbons (Fsp3) is 0.125. The number of nitrogens with two attached hydrogens (primary N) is 2. The summed E-state index contributed by atoms with van der Waals surface area (Å²) in [5, 5.41) is 3.54. The number of aromatic nitrogens is 1. The number of halogens is 1. The summed E-state index contributed by atoms with van der Waals surface area (Å²) in [6.45, 7) is 0.280. The van der Waals surface area contributed by atoms with Crippen molar-refractivity contribution in [1.29, 1.82) is 0 Å². The molecule has 3 aromatic rings. The summed E-state index contributed by atoms with van der Waals surface area (Å²) in [7, 11) is 1.48. The summed E-state index contributed by atoms with van der Waals surface area (Å²) in [6.07, 6.45) is 0. The molecule has 25 heavy (non-hydrogen) atoms. The van der Waals surface area contributed by atoms with Gasteiger partial charge in [-0.2, -0.15) is 0 Å². The molecule has 0 spiro atoms.